The van der Waals surface area contributed by atoms with Crippen LogP contribution in [0.5, 0.6) is 5.75 Å². The Morgan fingerprint density at radius 1 is 1.25 bits per heavy atom. The Hall–Kier alpha value is -2.86. The summed E-state index contributed by atoms with van der Waals surface area (Å²) in [7, 11) is 1.34. The van der Waals surface area contributed by atoms with Crippen LogP contribution in [-0.2, 0) is 20.7 Å². The lowest BCUT2D eigenvalue weighted by Gasteiger charge is -2.37. The maximum Gasteiger partial charge on any atom is 0.389 e. The van der Waals surface area contributed by atoms with E-state index >= 15 is 0 Å². The molecule has 1 saturated heterocycles. The minimum absolute atomic E-state index is 0.0492. The molecule has 1 unspecified atom stereocenters. The smallest absolute Gasteiger partial charge is 0.389 e. The molecule has 1 fully saturated rings. The average Bonchev–Trinajstić information content (AvgIpc) is 2.67. The van der Waals surface area contributed by atoms with E-state index in [1.54, 1.807) is 24.3 Å². The number of carbonyl (C=O) groups is 3. The van der Waals surface area contributed by atoms with Gasteiger partial charge in [-0.2, -0.15) is 18.6 Å². The molecule has 32 heavy (non-hydrogen) atoms. The number of halogens is 3. The maximum atomic E-state index is 12.5. The lowest BCUT2D eigenvalue weighted by Crippen LogP contribution is -2.65. The number of urea groups is 1. The van der Waals surface area contributed by atoms with Gasteiger partial charge in [0.05, 0.1) is 6.61 Å². The van der Waals surface area contributed by atoms with E-state index in [2.05, 4.69) is 5.43 Å². The maximum absolute atomic E-state index is 12.5. The molecule has 1 aliphatic heterocycles. The Morgan fingerprint density at radius 3 is 2.56 bits per heavy atom. The van der Waals surface area contributed by atoms with Crippen molar-refractivity contribution in [1.29, 1.82) is 0 Å². The van der Waals surface area contributed by atoms with Gasteiger partial charge in [0.1, 0.15) is 5.75 Å². The number of imide groups is 1. The minimum Gasteiger partial charge on any atom is -0.478 e. The number of rotatable bonds is 10. The SMILES string of the molecule is CN1NC(OCCc2cccc(OC(C)(C)C(=O)O)c2)C(=O)N(CCCC(F)(F)F)C1=O. The molecular weight excluding hydrogens is 435 g/mol. The number of amides is 3. The predicted molar refractivity (Wildman–Crippen MR) is 106 cm³/mol. The van der Waals surface area contributed by atoms with E-state index in [-0.39, 0.29) is 13.2 Å². The molecule has 1 aromatic carbocycles. The van der Waals surface area contributed by atoms with Gasteiger partial charge in [-0.25, -0.2) is 9.59 Å². The van der Waals surface area contributed by atoms with Crippen LogP contribution in [0.1, 0.15) is 32.3 Å². The number of aliphatic carboxylic acids is 1. The summed E-state index contributed by atoms with van der Waals surface area (Å²) in [6.07, 6.45) is -6.78. The van der Waals surface area contributed by atoms with E-state index in [0.717, 1.165) is 15.5 Å². The normalized spacial score (nSPS) is 17.6. The molecule has 0 spiro atoms. The molecule has 1 aliphatic rings. The van der Waals surface area contributed by atoms with Crippen LogP contribution in [0, 0.1) is 0 Å². The molecule has 0 bridgehead atoms. The van der Waals surface area contributed by atoms with Crippen LogP contribution in [0.2, 0.25) is 0 Å². The average molecular weight is 461 g/mol. The van der Waals surface area contributed by atoms with Gasteiger partial charge in [-0.1, -0.05) is 12.1 Å². The Balaban J connectivity index is 1.93. The topological polar surface area (TPSA) is 108 Å². The van der Waals surface area contributed by atoms with Gasteiger partial charge >= 0.3 is 18.2 Å². The molecule has 12 heteroatoms. The number of carbonyl (C=O) groups excluding carboxylic acids is 2. The third-order valence-corrected chi connectivity index (χ3v) is 4.62. The van der Waals surface area contributed by atoms with E-state index in [1.165, 1.54) is 20.9 Å². The third kappa shape index (κ3) is 7.09. The van der Waals surface area contributed by atoms with E-state index in [9.17, 15) is 27.6 Å². The summed E-state index contributed by atoms with van der Waals surface area (Å²) in [5.74, 6) is -1.54. The lowest BCUT2D eigenvalue weighted by molar-refractivity contribution is -0.154. The highest BCUT2D eigenvalue weighted by Gasteiger charge is 2.38. The van der Waals surface area contributed by atoms with Crippen LogP contribution in [0.4, 0.5) is 18.0 Å². The first kappa shape index (κ1) is 25.4. The first-order chi connectivity index (χ1) is 14.8. The van der Waals surface area contributed by atoms with Crippen molar-refractivity contribution in [1.82, 2.24) is 15.3 Å². The van der Waals surface area contributed by atoms with Crippen molar-refractivity contribution in [3.8, 4) is 5.75 Å². The van der Waals surface area contributed by atoms with Crippen LogP contribution in [0.15, 0.2) is 24.3 Å². The second-order valence-corrected chi connectivity index (χ2v) is 7.75. The molecular formula is C20H26F3N3O6. The number of hydrazine groups is 1. The molecule has 9 nitrogen and oxygen atoms in total. The zero-order valence-corrected chi connectivity index (χ0v) is 17.9. The van der Waals surface area contributed by atoms with Crippen molar-refractivity contribution in [3.63, 3.8) is 0 Å². The summed E-state index contributed by atoms with van der Waals surface area (Å²) in [6.45, 7) is 2.52. The molecule has 178 valence electrons. The number of hydrogen-bond acceptors (Lipinski definition) is 6. The van der Waals surface area contributed by atoms with Crippen LogP contribution >= 0.6 is 0 Å². The van der Waals surface area contributed by atoms with E-state index in [4.69, 9.17) is 14.6 Å². The fraction of sp³-hybridized carbons (Fsp3) is 0.550. The molecule has 0 aromatic heterocycles. The first-order valence-electron chi connectivity index (χ1n) is 9.85. The number of ether oxygens (including phenoxy) is 2. The predicted octanol–water partition coefficient (Wildman–Crippen LogP) is 2.55. The van der Waals surface area contributed by atoms with E-state index in [0.29, 0.717) is 12.2 Å². The van der Waals surface area contributed by atoms with Crippen LogP contribution in [0.25, 0.3) is 0 Å². The minimum atomic E-state index is -4.38. The molecule has 1 aromatic rings. The highest BCUT2D eigenvalue weighted by Crippen LogP contribution is 2.23. The monoisotopic (exact) mass is 461 g/mol. The summed E-state index contributed by atoms with van der Waals surface area (Å²) in [5.41, 5.74) is 1.88. The molecule has 1 atom stereocenters. The van der Waals surface area contributed by atoms with Gasteiger partial charge in [0.2, 0.25) is 6.23 Å². The van der Waals surface area contributed by atoms with Gasteiger partial charge in [0, 0.05) is 20.0 Å². The Labute approximate surface area is 183 Å². The highest BCUT2D eigenvalue weighted by atomic mass is 19.4. The Kier molecular flexibility index (Phi) is 8.07. The number of nitrogens with zero attached hydrogens (tertiary/aromatic N) is 2. The van der Waals surface area contributed by atoms with Crippen molar-refractivity contribution < 1.29 is 42.1 Å². The second kappa shape index (κ2) is 10.2. The number of alkyl halides is 3. The first-order valence-corrected chi connectivity index (χ1v) is 9.85. The van der Waals surface area contributed by atoms with Crippen molar-refractivity contribution in [2.24, 2.45) is 0 Å². The fourth-order valence-corrected chi connectivity index (χ4v) is 2.85. The lowest BCUT2D eigenvalue weighted by atomic mass is 10.1. The number of carboxylic acids is 1. The summed E-state index contributed by atoms with van der Waals surface area (Å²) in [5, 5.41) is 10.2. The number of benzene rings is 1. The second-order valence-electron chi connectivity index (χ2n) is 7.75. The largest absolute Gasteiger partial charge is 0.478 e. The van der Waals surface area contributed by atoms with Gasteiger partial charge in [0.25, 0.3) is 5.91 Å². The summed E-state index contributed by atoms with van der Waals surface area (Å²) in [4.78, 5) is 36.5. The standard InChI is InChI=1S/C20H26F3N3O6/c1-19(2,17(28)29)32-14-7-4-6-13(12-14)8-11-31-15-16(27)26(18(30)25(3)24-15)10-5-9-20(21,22)23/h4,6-7,12,15,24H,5,8-11H2,1-3H3,(H,28,29). The van der Waals surface area contributed by atoms with Crippen molar-refractivity contribution in [2.75, 3.05) is 20.2 Å². The fourth-order valence-electron chi connectivity index (χ4n) is 2.85. The van der Waals surface area contributed by atoms with Crippen molar-refractivity contribution in [3.05, 3.63) is 29.8 Å². The summed E-state index contributed by atoms with van der Waals surface area (Å²) < 4.78 is 48.1. The molecule has 3 amide bonds. The quantitative estimate of drug-likeness (QED) is 0.551. The summed E-state index contributed by atoms with van der Waals surface area (Å²) in [6, 6.07) is 5.94. The molecule has 0 radical (unpaired) electrons. The zero-order chi connectivity index (χ0) is 24.1. The molecule has 2 N–H and O–H groups in total. The Morgan fingerprint density at radius 2 is 1.94 bits per heavy atom. The number of hydrogen-bond donors (Lipinski definition) is 2. The van der Waals surface area contributed by atoms with Crippen LogP contribution in [0.3, 0.4) is 0 Å². The molecule has 0 saturated carbocycles. The van der Waals surface area contributed by atoms with Gasteiger partial charge < -0.3 is 14.6 Å². The van der Waals surface area contributed by atoms with E-state index < -0.39 is 48.8 Å². The van der Waals surface area contributed by atoms with Crippen molar-refractivity contribution in [2.45, 2.75) is 51.1 Å². The van der Waals surface area contributed by atoms with Crippen LogP contribution in [-0.4, -0.2) is 71.1 Å². The zero-order valence-electron chi connectivity index (χ0n) is 17.9. The highest BCUT2D eigenvalue weighted by molar-refractivity contribution is 5.98. The third-order valence-electron chi connectivity index (χ3n) is 4.62. The van der Waals surface area contributed by atoms with Gasteiger partial charge in [-0.3, -0.25) is 14.7 Å². The van der Waals surface area contributed by atoms with E-state index in [1.807, 2.05) is 0 Å². The van der Waals surface area contributed by atoms with Crippen LogP contribution < -0.4 is 10.2 Å². The van der Waals surface area contributed by atoms with Gasteiger partial charge in [0.15, 0.2) is 5.60 Å². The number of carboxylic acid groups (broad SMARTS) is 1. The molecule has 0 aliphatic carbocycles. The van der Waals surface area contributed by atoms with Gasteiger partial charge in [-0.05, 0) is 44.4 Å². The molecule has 2 rings (SSSR count). The molecule has 1 heterocycles. The van der Waals surface area contributed by atoms with Crippen molar-refractivity contribution >= 4 is 17.9 Å². The number of nitrogens with one attached hydrogen (secondary N) is 1. The Bertz CT molecular complexity index is 846. The van der Waals surface area contributed by atoms with Gasteiger partial charge in [-0.15, -0.1) is 0 Å². The summed E-state index contributed by atoms with van der Waals surface area (Å²) >= 11 is 0.